The van der Waals surface area contributed by atoms with E-state index in [2.05, 4.69) is 20.3 Å². The summed E-state index contributed by atoms with van der Waals surface area (Å²) in [5.74, 6) is 0.633. The van der Waals surface area contributed by atoms with Gasteiger partial charge in [-0.15, -0.1) is 5.10 Å². The Hall–Kier alpha value is -3.29. The van der Waals surface area contributed by atoms with Crippen molar-refractivity contribution in [3.63, 3.8) is 0 Å². The molecule has 0 bridgehead atoms. The van der Waals surface area contributed by atoms with Gasteiger partial charge in [-0.05, 0) is 0 Å². The number of benzene rings is 1. The Kier molecular flexibility index (Phi) is 2.83. The average Bonchev–Trinajstić information content (AvgIpc) is 3.15. The van der Waals surface area contributed by atoms with Crippen molar-refractivity contribution in [3.8, 4) is 22.8 Å². The topological polar surface area (TPSA) is 82.9 Å². The van der Waals surface area contributed by atoms with Gasteiger partial charge in [0.1, 0.15) is 6.33 Å². The molecule has 0 unspecified atom stereocenters. The van der Waals surface area contributed by atoms with E-state index in [1.165, 1.54) is 10.7 Å². The lowest BCUT2D eigenvalue weighted by Gasteiger charge is -1.98. The Bertz CT molecular complexity index is 1060. The van der Waals surface area contributed by atoms with Crippen LogP contribution in [0.1, 0.15) is 0 Å². The molecule has 114 valence electrons. The second kappa shape index (κ2) is 4.87. The highest BCUT2D eigenvalue weighted by Crippen LogP contribution is 2.24. The molecule has 0 amide bonds. The Morgan fingerprint density at radius 1 is 1.09 bits per heavy atom. The van der Waals surface area contributed by atoms with E-state index in [-0.39, 0.29) is 5.69 Å². The minimum absolute atomic E-state index is 0.300. The largest absolute Gasteiger partial charge is 0.352 e. The summed E-state index contributed by atoms with van der Waals surface area (Å²) in [5, 5.41) is 7.88. The summed E-state index contributed by atoms with van der Waals surface area (Å²) in [6.45, 7) is 0. The Morgan fingerprint density at radius 2 is 1.87 bits per heavy atom. The summed E-state index contributed by atoms with van der Waals surface area (Å²) in [4.78, 5) is 21.0. The molecule has 0 radical (unpaired) electrons. The summed E-state index contributed by atoms with van der Waals surface area (Å²) in [5.41, 5.74) is 2.47. The minimum Gasteiger partial charge on any atom is -0.332 e. The molecule has 0 saturated carbocycles. The molecule has 0 aliphatic rings. The quantitative estimate of drug-likeness (QED) is 0.549. The number of hydrogen-bond donors (Lipinski definition) is 0. The first-order chi connectivity index (χ1) is 11.1. The summed E-state index contributed by atoms with van der Waals surface area (Å²) >= 11 is 0. The molecule has 0 spiro atoms. The second-order valence-electron chi connectivity index (χ2n) is 5.21. The monoisotopic (exact) mass is 307 g/mol. The standard InChI is InChI=1S/C15H13N7O/c1-20-8-11(10-6-4-3-5-7-10)17-13(20)12-14-18-19-21(2)15(23)22(14)9-16-12/h3-9H,1-2H3. The maximum atomic E-state index is 12.0. The van der Waals surface area contributed by atoms with Gasteiger partial charge in [-0.2, -0.15) is 4.68 Å². The zero-order valence-electron chi connectivity index (χ0n) is 12.6. The third-order valence-electron chi connectivity index (χ3n) is 3.66. The predicted octanol–water partition coefficient (Wildman–Crippen LogP) is 0.890. The molecule has 23 heavy (non-hydrogen) atoms. The van der Waals surface area contributed by atoms with E-state index in [1.807, 2.05) is 48.1 Å². The van der Waals surface area contributed by atoms with Crippen molar-refractivity contribution in [2.45, 2.75) is 0 Å². The van der Waals surface area contributed by atoms with Crippen LogP contribution in [0.15, 0.2) is 47.7 Å². The lowest BCUT2D eigenvalue weighted by atomic mass is 10.2. The summed E-state index contributed by atoms with van der Waals surface area (Å²) in [6, 6.07) is 9.87. The second-order valence-corrected chi connectivity index (χ2v) is 5.21. The molecular formula is C15H13N7O. The van der Waals surface area contributed by atoms with E-state index in [0.29, 0.717) is 17.2 Å². The predicted molar refractivity (Wildman–Crippen MR) is 83.7 cm³/mol. The molecule has 0 aliphatic carbocycles. The van der Waals surface area contributed by atoms with Gasteiger partial charge in [0, 0.05) is 25.9 Å². The highest BCUT2D eigenvalue weighted by atomic mass is 16.2. The van der Waals surface area contributed by atoms with E-state index in [4.69, 9.17) is 0 Å². The molecule has 8 heteroatoms. The van der Waals surface area contributed by atoms with Crippen LogP contribution in [0.4, 0.5) is 0 Å². The van der Waals surface area contributed by atoms with Crippen molar-refractivity contribution in [2.24, 2.45) is 14.1 Å². The van der Waals surface area contributed by atoms with Gasteiger partial charge in [0.2, 0.25) is 0 Å². The first-order valence-corrected chi connectivity index (χ1v) is 7.01. The number of fused-ring (bicyclic) bond motifs is 1. The molecule has 4 rings (SSSR count). The lowest BCUT2D eigenvalue weighted by molar-refractivity contribution is 0.607. The number of aryl methyl sites for hydroxylation is 2. The fourth-order valence-corrected chi connectivity index (χ4v) is 2.47. The number of nitrogens with zero attached hydrogens (tertiary/aromatic N) is 7. The highest BCUT2D eigenvalue weighted by Gasteiger charge is 2.17. The van der Waals surface area contributed by atoms with E-state index < -0.39 is 0 Å². The SMILES string of the molecule is Cn1cc(-c2ccccc2)nc1-c1ncn2c(=O)n(C)nnc12. The summed E-state index contributed by atoms with van der Waals surface area (Å²) in [6.07, 6.45) is 3.36. The van der Waals surface area contributed by atoms with Gasteiger partial charge in [0.05, 0.1) is 5.69 Å². The van der Waals surface area contributed by atoms with Crippen LogP contribution in [0.5, 0.6) is 0 Å². The van der Waals surface area contributed by atoms with Gasteiger partial charge in [-0.3, -0.25) is 0 Å². The smallest absolute Gasteiger partial charge is 0.332 e. The molecule has 0 fully saturated rings. The van der Waals surface area contributed by atoms with Crippen molar-refractivity contribution < 1.29 is 0 Å². The van der Waals surface area contributed by atoms with Crippen LogP contribution in [0.3, 0.4) is 0 Å². The van der Waals surface area contributed by atoms with Crippen LogP contribution in [0.25, 0.3) is 28.4 Å². The van der Waals surface area contributed by atoms with Gasteiger partial charge in [-0.1, -0.05) is 35.5 Å². The Morgan fingerprint density at radius 3 is 2.65 bits per heavy atom. The van der Waals surface area contributed by atoms with Crippen molar-refractivity contribution >= 4 is 5.65 Å². The molecule has 3 aromatic heterocycles. The minimum atomic E-state index is -0.300. The van der Waals surface area contributed by atoms with E-state index in [9.17, 15) is 4.79 Å². The Balaban J connectivity index is 1.91. The van der Waals surface area contributed by atoms with Crippen molar-refractivity contribution in [1.82, 2.24) is 33.9 Å². The molecule has 3 heterocycles. The summed E-state index contributed by atoms with van der Waals surface area (Å²) in [7, 11) is 3.43. The van der Waals surface area contributed by atoms with Crippen molar-refractivity contribution in [2.75, 3.05) is 0 Å². The average molecular weight is 307 g/mol. The maximum absolute atomic E-state index is 12.0. The fraction of sp³-hybridized carbons (Fsp3) is 0.133. The normalized spacial score (nSPS) is 11.2. The first kappa shape index (κ1) is 13.4. The number of hydrogen-bond acceptors (Lipinski definition) is 5. The van der Waals surface area contributed by atoms with Crippen molar-refractivity contribution in [1.29, 1.82) is 0 Å². The van der Waals surface area contributed by atoms with Crippen LogP contribution in [-0.2, 0) is 14.1 Å². The molecule has 8 nitrogen and oxygen atoms in total. The molecule has 4 aromatic rings. The van der Waals surface area contributed by atoms with Crippen LogP contribution in [0, 0.1) is 0 Å². The van der Waals surface area contributed by atoms with E-state index >= 15 is 0 Å². The molecule has 0 aliphatic heterocycles. The van der Waals surface area contributed by atoms with Crippen LogP contribution in [0.2, 0.25) is 0 Å². The van der Waals surface area contributed by atoms with Crippen LogP contribution >= 0.6 is 0 Å². The van der Waals surface area contributed by atoms with Gasteiger partial charge in [0.25, 0.3) is 0 Å². The van der Waals surface area contributed by atoms with Gasteiger partial charge in [-0.25, -0.2) is 19.2 Å². The van der Waals surface area contributed by atoms with Crippen LogP contribution in [-0.4, -0.2) is 33.9 Å². The van der Waals surface area contributed by atoms with Crippen LogP contribution < -0.4 is 5.69 Å². The summed E-state index contributed by atoms with van der Waals surface area (Å²) < 4.78 is 4.38. The third kappa shape index (κ3) is 2.03. The zero-order chi connectivity index (χ0) is 16.0. The van der Waals surface area contributed by atoms with E-state index in [1.54, 1.807) is 7.05 Å². The molecular weight excluding hydrogens is 294 g/mol. The highest BCUT2D eigenvalue weighted by molar-refractivity contribution is 5.71. The first-order valence-electron chi connectivity index (χ1n) is 7.01. The molecule has 0 saturated heterocycles. The lowest BCUT2D eigenvalue weighted by Crippen LogP contribution is -2.27. The van der Waals surface area contributed by atoms with Crippen molar-refractivity contribution in [3.05, 3.63) is 53.3 Å². The molecule has 0 atom stereocenters. The van der Waals surface area contributed by atoms with Gasteiger partial charge >= 0.3 is 5.69 Å². The maximum Gasteiger partial charge on any atom is 0.352 e. The van der Waals surface area contributed by atoms with Gasteiger partial charge in [0.15, 0.2) is 17.2 Å². The third-order valence-corrected chi connectivity index (χ3v) is 3.66. The number of rotatable bonds is 2. The fourth-order valence-electron chi connectivity index (χ4n) is 2.47. The van der Waals surface area contributed by atoms with E-state index in [0.717, 1.165) is 15.9 Å². The molecule has 0 N–H and O–H groups in total. The Labute approximate surface area is 130 Å². The number of imidazole rings is 2. The molecule has 1 aromatic carbocycles. The van der Waals surface area contributed by atoms with Gasteiger partial charge < -0.3 is 4.57 Å². The number of aromatic nitrogens is 7. The zero-order valence-corrected chi connectivity index (χ0v) is 12.6.